The number of ether oxygens (including phenoxy) is 1. The van der Waals surface area contributed by atoms with E-state index in [9.17, 15) is 0 Å². The third-order valence-corrected chi connectivity index (χ3v) is 3.73. The lowest BCUT2D eigenvalue weighted by atomic mass is 9.97. The smallest absolute Gasteiger partial charge is 0.119 e. The second kappa shape index (κ2) is 6.06. The van der Waals surface area contributed by atoms with Gasteiger partial charge in [0.05, 0.1) is 6.10 Å². The van der Waals surface area contributed by atoms with Crippen LogP contribution in [-0.2, 0) is 0 Å². The van der Waals surface area contributed by atoms with E-state index in [0.717, 1.165) is 18.7 Å². The minimum absolute atomic E-state index is 0.442. The van der Waals surface area contributed by atoms with E-state index >= 15 is 0 Å². The Morgan fingerprint density at radius 1 is 1.24 bits per heavy atom. The van der Waals surface area contributed by atoms with Crippen LogP contribution < -0.4 is 10.5 Å². The maximum atomic E-state index is 5.95. The summed E-state index contributed by atoms with van der Waals surface area (Å²) in [5, 5.41) is 0. The van der Waals surface area contributed by atoms with Gasteiger partial charge in [0.2, 0.25) is 0 Å². The van der Waals surface area contributed by atoms with Crippen molar-refractivity contribution in [2.75, 3.05) is 6.54 Å². The molecule has 94 valence electrons. The summed E-state index contributed by atoms with van der Waals surface area (Å²) in [5.74, 6) is 1.49. The lowest BCUT2D eigenvalue weighted by Crippen LogP contribution is -2.12. The molecular formula is C15H23NO. The monoisotopic (exact) mass is 233 g/mol. The van der Waals surface area contributed by atoms with Crippen molar-refractivity contribution in [3.05, 3.63) is 29.8 Å². The minimum atomic E-state index is 0.442. The van der Waals surface area contributed by atoms with Gasteiger partial charge in [-0.05, 0) is 62.3 Å². The SMILES string of the molecule is CCC(CN)c1ccc(OC2CCCC2)cc1. The summed E-state index contributed by atoms with van der Waals surface area (Å²) in [6, 6.07) is 8.49. The molecule has 17 heavy (non-hydrogen) atoms. The van der Waals surface area contributed by atoms with E-state index in [1.807, 2.05) is 0 Å². The molecule has 0 heterocycles. The van der Waals surface area contributed by atoms with Crippen LogP contribution in [0, 0.1) is 0 Å². The van der Waals surface area contributed by atoms with Crippen LogP contribution in [0.25, 0.3) is 0 Å². The highest BCUT2D eigenvalue weighted by atomic mass is 16.5. The molecule has 1 aliphatic rings. The van der Waals surface area contributed by atoms with E-state index in [1.54, 1.807) is 0 Å². The molecule has 0 aliphatic heterocycles. The van der Waals surface area contributed by atoms with Gasteiger partial charge in [0.15, 0.2) is 0 Å². The predicted molar refractivity (Wildman–Crippen MR) is 71.4 cm³/mol. The maximum absolute atomic E-state index is 5.95. The van der Waals surface area contributed by atoms with E-state index in [4.69, 9.17) is 10.5 Å². The van der Waals surface area contributed by atoms with Gasteiger partial charge in [-0.15, -0.1) is 0 Å². The fraction of sp³-hybridized carbons (Fsp3) is 0.600. The molecule has 0 bridgehead atoms. The third-order valence-electron chi connectivity index (χ3n) is 3.73. The molecule has 0 aromatic heterocycles. The minimum Gasteiger partial charge on any atom is -0.490 e. The molecule has 0 spiro atoms. The van der Waals surface area contributed by atoms with Crippen molar-refractivity contribution >= 4 is 0 Å². The van der Waals surface area contributed by atoms with Gasteiger partial charge in [-0.1, -0.05) is 19.1 Å². The fourth-order valence-electron chi connectivity index (χ4n) is 2.56. The highest BCUT2D eigenvalue weighted by Crippen LogP contribution is 2.26. The largest absolute Gasteiger partial charge is 0.490 e. The quantitative estimate of drug-likeness (QED) is 0.845. The molecule has 1 fully saturated rings. The topological polar surface area (TPSA) is 35.2 Å². The summed E-state index contributed by atoms with van der Waals surface area (Å²) in [6.07, 6.45) is 6.59. The first kappa shape index (κ1) is 12.4. The van der Waals surface area contributed by atoms with E-state index in [2.05, 4.69) is 31.2 Å². The summed E-state index contributed by atoms with van der Waals surface area (Å²) < 4.78 is 5.95. The summed E-state index contributed by atoms with van der Waals surface area (Å²) in [4.78, 5) is 0. The van der Waals surface area contributed by atoms with Crippen LogP contribution in [0.5, 0.6) is 5.75 Å². The molecule has 1 aromatic rings. The van der Waals surface area contributed by atoms with Crippen LogP contribution >= 0.6 is 0 Å². The van der Waals surface area contributed by atoms with Gasteiger partial charge in [0.25, 0.3) is 0 Å². The summed E-state index contributed by atoms with van der Waals surface area (Å²) in [5.41, 5.74) is 7.08. The molecule has 0 saturated heterocycles. The molecule has 0 amide bonds. The molecule has 1 atom stereocenters. The lowest BCUT2D eigenvalue weighted by molar-refractivity contribution is 0.210. The van der Waals surface area contributed by atoms with Crippen molar-refractivity contribution in [3.63, 3.8) is 0 Å². The number of nitrogens with two attached hydrogens (primary N) is 1. The lowest BCUT2D eigenvalue weighted by Gasteiger charge is -2.16. The van der Waals surface area contributed by atoms with Gasteiger partial charge < -0.3 is 10.5 Å². The first-order valence-corrected chi connectivity index (χ1v) is 6.80. The predicted octanol–water partition coefficient (Wildman–Crippen LogP) is 3.46. The summed E-state index contributed by atoms with van der Waals surface area (Å²) in [6.45, 7) is 2.90. The zero-order valence-corrected chi connectivity index (χ0v) is 10.7. The highest BCUT2D eigenvalue weighted by Gasteiger charge is 2.16. The van der Waals surface area contributed by atoms with Gasteiger partial charge >= 0.3 is 0 Å². The first-order valence-electron chi connectivity index (χ1n) is 6.80. The molecule has 2 heteroatoms. The number of rotatable bonds is 5. The maximum Gasteiger partial charge on any atom is 0.119 e. The van der Waals surface area contributed by atoms with Gasteiger partial charge in [-0.2, -0.15) is 0 Å². The Morgan fingerprint density at radius 2 is 1.88 bits per heavy atom. The van der Waals surface area contributed by atoms with E-state index in [-0.39, 0.29) is 0 Å². The van der Waals surface area contributed by atoms with Gasteiger partial charge in [0, 0.05) is 0 Å². The van der Waals surface area contributed by atoms with Crippen LogP contribution in [-0.4, -0.2) is 12.6 Å². The fourth-order valence-corrected chi connectivity index (χ4v) is 2.56. The Morgan fingerprint density at radius 3 is 2.41 bits per heavy atom. The highest BCUT2D eigenvalue weighted by molar-refractivity contribution is 5.29. The normalized spacial score (nSPS) is 18.2. The van der Waals surface area contributed by atoms with E-state index in [1.165, 1.54) is 31.2 Å². The summed E-state index contributed by atoms with van der Waals surface area (Å²) >= 11 is 0. The van der Waals surface area contributed by atoms with Crippen LogP contribution in [0.3, 0.4) is 0 Å². The third kappa shape index (κ3) is 3.22. The van der Waals surface area contributed by atoms with Crippen molar-refractivity contribution in [2.45, 2.75) is 51.0 Å². The Hall–Kier alpha value is -1.02. The van der Waals surface area contributed by atoms with Crippen molar-refractivity contribution in [3.8, 4) is 5.75 Å². The molecule has 1 unspecified atom stereocenters. The number of benzene rings is 1. The van der Waals surface area contributed by atoms with Crippen molar-refractivity contribution in [2.24, 2.45) is 5.73 Å². The van der Waals surface area contributed by atoms with Crippen molar-refractivity contribution < 1.29 is 4.74 Å². The molecule has 2 rings (SSSR count). The Balaban J connectivity index is 1.96. The standard InChI is InChI=1S/C15H23NO/c1-2-12(11-16)13-7-9-15(10-8-13)17-14-5-3-4-6-14/h7-10,12,14H,2-6,11,16H2,1H3. The first-order chi connectivity index (χ1) is 8.33. The molecule has 2 N–H and O–H groups in total. The average Bonchev–Trinajstić information content (AvgIpc) is 2.86. The Kier molecular flexibility index (Phi) is 4.43. The van der Waals surface area contributed by atoms with Crippen LogP contribution in [0.1, 0.15) is 50.5 Å². The molecule has 1 saturated carbocycles. The van der Waals surface area contributed by atoms with E-state index in [0.29, 0.717) is 12.0 Å². The molecular weight excluding hydrogens is 210 g/mol. The van der Waals surface area contributed by atoms with Crippen LogP contribution in [0.2, 0.25) is 0 Å². The zero-order valence-electron chi connectivity index (χ0n) is 10.7. The van der Waals surface area contributed by atoms with Crippen LogP contribution in [0.15, 0.2) is 24.3 Å². The van der Waals surface area contributed by atoms with Crippen LogP contribution in [0.4, 0.5) is 0 Å². The number of hydrogen-bond donors (Lipinski definition) is 1. The van der Waals surface area contributed by atoms with Gasteiger partial charge in [-0.25, -0.2) is 0 Å². The van der Waals surface area contributed by atoms with Gasteiger partial charge in [0.1, 0.15) is 5.75 Å². The second-order valence-electron chi connectivity index (χ2n) is 4.93. The molecule has 1 aliphatic carbocycles. The Labute approximate surface area is 104 Å². The zero-order chi connectivity index (χ0) is 12.1. The molecule has 2 nitrogen and oxygen atoms in total. The van der Waals surface area contributed by atoms with Crippen molar-refractivity contribution in [1.29, 1.82) is 0 Å². The molecule has 0 radical (unpaired) electrons. The Bertz CT molecular complexity index is 323. The molecule has 1 aromatic carbocycles. The van der Waals surface area contributed by atoms with Gasteiger partial charge in [-0.3, -0.25) is 0 Å². The second-order valence-corrected chi connectivity index (χ2v) is 4.93. The van der Waals surface area contributed by atoms with E-state index < -0.39 is 0 Å². The summed E-state index contributed by atoms with van der Waals surface area (Å²) in [7, 11) is 0. The van der Waals surface area contributed by atoms with Crippen molar-refractivity contribution in [1.82, 2.24) is 0 Å². The number of hydrogen-bond acceptors (Lipinski definition) is 2. The average molecular weight is 233 g/mol.